The third-order valence-corrected chi connectivity index (χ3v) is 9.78. The van der Waals surface area contributed by atoms with Gasteiger partial charge in [-0.15, -0.1) is 11.8 Å². The fourth-order valence-electron chi connectivity index (χ4n) is 5.82. The lowest BCUT2D eigenvalue weighted by atomic mass is 9.93. The van der Waals surface area contributed by atoms with Gasteiger partial charge in [-0.25, -0.2) is 0 Å². The van der Waals surface area contributed by atoms with Gasteiger partial charge in [0.1, 0.15) is 11.6 Å². The molecule has 9 nitrogen and oxygen atoms in total. The van der Waals surface area contributed by atoms with Crippen molar-refractivity contribution in [3.63, 3.8) is 0 Å². The predicted octanol–water partition coefficient (Wildman–Crippen LogP) is 2.59. The number of piperidine rings is 1. The van der Waals surface area contributed by atoms with E-state index in [4.69, 9.17) is 16.7 Å². The molecular weight excluding hydrogens is 526 g/mol. The second-order valence-electron chi connectivity index (χ2n) is 10.9. The van der Waals surface area contributed by atoms with Crippen LogP contribution in [0.15, 0.2) is 29.2 Å². The Kier molecular flexibility index (Phi) is 8.19. The molecule has 11 heteroatoms. The van der Waals surface area contributed by atoms with Gasteiger partial charge in [-0.1, -0.05) is 11.6 Å². The third-order valence-electron chi connectivity index (χ3n) is 8.31. The van der Waals surface area contributed by atoms with Gasteiger partial charge in [0.15, 0.2) is 0 Å². The second kappa shape index (κ2) is 11.4. The Morgan fingerprint density at radius 2 is 1.82 bits per heavy atom. The molecule has 38 heavy (non-hydrogen) atoms. The van der Waals surface area contributed by atoms with Crippen LogP contribution in [0, 0.1) is 11.3 Å². The number of likely N-dealkylation sites (tertiary alicyclic amines) is 3. The summed E-state index contributed by atoms with van der Waals surface area (Å²) in [7, 11) is 0. The van der Waals surface area contributed by atoms with Gasteiger partial charge in [0, 0.05) is 40.8 Å². The number of nitrogens with one attached hydrogen (secondary N) is 1. The van der Waals surface area contributed by atoms with Crippen LogP contribution < -0.4 is 5.32 Å². The molecule has 0 bridgehead atoms. The number of hydrogen-bond acceptors (Lipinski definition) is 7. The molecule has 3 saturated heterocycles. The first-order valence-electron chi connectivity index (χ1n) is 13.4. The summed E-state index contributed by atoms with van der Waals surface area (Å²) in [5.41, 5.74) is -0.773. The van der Waals surface area contributed by atoms with Crippen molar-refractivity contribution >= 4 is 41.1 Å². The minimum atomic E-state index is -0.778. The van der Waals surface area contributed by atoms with Crippen LogP contribution in [-0.4, -0.2) is 99.2 Å². The first-order valence-corrected chi connectivity index (χ1v) is 14.7. The summed E-state index contributed by atoms with van der Waals surface area (Å²) >= 11 is 7.69. The van der Waals surface area contributed by atoms with Crippen molar-refractivity contribution in [2.45, 2.75) is 78.8 Å². The van der Waals surface area contributed by atoms with E-state index in [1.165, 1.54) is 0 Å². The van der Waals surface area contributed by atoms with Gasteiger partial charge in [0.05, 0.1) is 18.5 Å². The summed E-state index contributed by atoms with van der Waals surface area (Å²) in [6.45, 7) is 3.58. The zero-order valence-corrected chi connectivity index (χ0v) is 22.9. The van der Waals surface area contributed by atoms with E-state index in [0.717, 1.165) is 43.8 Å². The number of nitriles is 1. The number of benzene rings is 1. The van der Waals surface area contributed by atoms with Crippen molar-refractivity contribution in [1.82, 2.24) is 20.0 Å². The van der Waals surface area contributed by atoms with E-state index in [2.05, 4.69) is 21.2 Å². The molecule has 4 fully saturated rings. The summed E-state index contributed by atoms with van der Waals surface area (Å²) in [6, 6.07) is 9.30. The maximum absolute atomic E-state index is 13.9. The number of halogens is 1. The standard InChI is InChI=1S/C27H34ClN5O4S/c28-18-1-3-20(4-2-18)38-21-15-23(25(36)30-27(17-29)9-10-27)33(16-21)26(37)22-7-14-32(22)19-5-11-31(12-6-19)13-8-24(34)35/h1-4,19,21-23H,5-16H2,(H,30,36)(H,34,35)/t21-,22?,23+/m1/s1. The number of hydrogen-bond donors (Lipinski definition) is 2. The van der Waals surface area contributed by atoms with Crippen molar-refractivity contribution in [2.24, 2.45) is 0 Å². The van der Waals surface area contributed by atoms with Gasteiger partial charge >= 0.3 is 5.97 Å². The summed E-state index contributed by atoms with van der Waals surface area (Å²) in [6.07, 6.45) is 4.60. The number of carbonyl (C=O) groups excluding carboxylic acids is 2. The highest BCUT2D eigenvalue weighted by atomic mass is 35.5. The second-order valence-corrected chi connectivity index (χ2v) is 12.7. The van der Waals surface area contributed by atoms with Crippen molar-refractivity contribution in [3.8, 4) is 6.07 Å². The molecule has 1 unspecified atom stereocenters. The van der Waals surface area contributed by atoms with Crippen LogP contribution in [0.1, 0.15) is 44.9 Å². The highest BCUT2D eigenvalue weighted by molar-refractivity contribution is 8.00. The smallest absolute Gasteiger partial charge is 0.304 e. The molecular formula is C27H34ClN5O4S. The van der Waals surface area contributed by atoms with E-state index in [1.807, 2.05) is 24.3 Å². The molecule has 2 N–H and O–H groups in total. The van der Waals surface area contributed by atoms with Crippen LogP contribution in [0.3, 0.4) is 0 Å². The quantitative estimate of drug-likeness (QED) is 0.474. The van der Waals surface area contributed by atoms with E-state index in [-0.39, 0.29) is 29.5 Å². The van der Waals surface area contributed by atoms with Crippen molar-refractivity contribution in [2.75, 3.05) is 32.7 Å². The highest BCUT2D eigenvalue weighted by Gasteiger charge is 2.50. The molecule has 5 rings (SSSR count). The largest absolute Gasteiger partial charge is 0.481 e. The number of thioether (sulfide) groups is 1. The Bertz CT molecular complexity index is 1100. The molecule has 1 aromatic carbocycles. The average molecular weight is 560 g/mol. The SMILES string of the molecule is N#CC1(NC(=O)[C@@H]2C[C@@H](Sc3ccc(Cl)cc3)CN2C(=O)C2CCN2C2CCN(CCC(=O)O)CC2)CC1. The van der Waals surface area contributed by atoms with Gasteiger partial charge in [-0.2, -0.15) is 5.26 Å². The molecule has 3 heterocycles. The van der Waals surface area contributed by atoms with E-state index in [1.54, 1.807) is 16.7 Å². The predicted molar refractivity (Wildman–Crippen MR) is 144 cm³/mol. The fourth-order valence-corrected chi connectivity index (χ4v) is 7.14. The van der Waals surface area contributed by atoms with Gasteiger partial charge < -0.3 is 20.2 Å². The molecule has 3 aliphatic heterocycles. The summed E-state index contributed by atoms with van der Waals surface area (Å²) in [5, 5.41) is 22.1. The van der Waals surface area contributed by atoms with E-state index in [9.17, 15) is 19.6 Å². The molecule has 0 radical (unpaired) electrons. The Labute approximate surface area is 232 Å². The lowest BCUT2D eigenvalue weighted by Crippen LogP contribution is -2.63. The topological polar surface area (TPSA) is 117 Å². The normalized spacial score (nSPS) is 27.4. The monoisotopic (exact) mass is 559 g/mol. The Hall–Kier alpha value is -2.32. The molecule has 1 aromatic rings. The van der Waals surface area contributed by atoms with E-state index >= 15 is 0 Å². The lowest BCUT2D eigenvalue weighted by molar-refractivity contribution is -0.149. The molecule has 0 aromatic heterocycles. The number of aliphatic carboxylic acids is 1. The highest BCUT2D eigenvalue weighted by Crippen LogP contribution is 2.38. The number of amides is 2. The molecule has 1 aliphatic carbocycles. The van der Waals surface area contributed by atoms with Crippen LogP contribution >= 0.6 is 23.4 Å². The summed E-state index contributed by atoms with van der Waals surface area (Å²) in [4.78, 5) is 45.4. The number of nitrogens with zero attached hydrogens (tertiary/aromatic N) is 4. The van der Waals surface area contributed by atoms with Crippen LogP contribution in [-0.2, 0) is 14.4 Å². The maximum Gasteiger partial charge on any atom is 0.304 e. The van der Waals surface area contributed by atoms with Gasteiger partial charge in [0.2, 0.25) is 11.8 Å². The average Bonchev–Trinajstić information content (AvgIpc) is 3.52. The first kappa shape index (κ1) is 27.3. The van der Waals surface area contributed by atoms with Crippen molar-refractivity contribution < 1.29 is 19.5 Å². The maximum atomic E-state index is 13.9. The van der Waals surface area contributed by atoms with Crippen LogP contribution in [0.5, 0.6) is 0 Å². The summed E-state index contributed by atoms with van der Waals surface area (Å²) in [5.74, 6) is -1.00. The van der Waals surface area contributed by atoms with Gasteiger partial charge in [-0.05, 0) is 75.9 Å². The fraction of sp³-hybridized carbons (Fsp3) is 0.630. The minimum absolute atomic E-state index is 0.00529. The van der Waals surface area contributed by atoms with Crippen molar-refractivity contribution in [1.29, 1.82) is 5.26 Å². The zero-order chi connectivity index (χ0) is 26.9. The van der Waals surface area contributed by atoms with E-state index < -0.39 is 17.6 Å². The summed E-state index contributed by atoms with van der Waals surface area (Å²) < 4.78 is 0. The van der Waals surface area contributed by atoms with Gasteiger partial charge in [-0.3, -0.25) is 19.3 Å². The molecule has 3 atom stereocenters. The third kappa shape index (κ3) is 6.12. The van der Waals surface area contributed by atoms with E-state index in [0.29, 0.717) is 43.4 Å². The molecule has 1 saturated carbocycles. The van der Waals surface area contributed by atoms with Crippen LogP contribution in [0.2, 0.25) is 5.02 Å². The van der Waals surface area contributed by atoms with Crippen LogP contribution in [0.4, 0.5) is 0 Å². The van der Waals surface area contributed by atoms with Crippen molar-refractivity contribution in [3.05, 3.63) is 29.3 Å². The Morgan fingerprint density at radius 1 is 1.11 bits per heavy atom. The first-order chi connectivity index (χ1) is 18.3. The molecule has 2 amide bonds. The Morgan fingerprint density at radius 3 is 2.39 bits per heavy atom. The number of carbonyl (C=O) groups is 3. The number of carboxylic acid groups (broad SMARTS) is 1. The Balaban J connectivity index is 1.23. The molecule has 4 aliphatic rings. The minimum Gasteiger partial charge on any atom is -0.481 e. The van der Waals surface area contributed by atoms with Gasteiger partial charge in [0.25, 0.3) is 0 Å². The molecule has 0 spiro atoms. The zero-order valence-electron chi connectivity index (χ0n) is 21.4. The van der Waals surface area contributed by atoms with Crippen LogP contribution in [0.25, 0.3) is 0 Å². The number of carboxylic acids is 1. The number of rotatable bonds is 9. The molecule has 204 valence electrons. The lowest BCUT2D eigenvalue weighted by Gasteiger charge is -2.49.